The first-order valence-electron chi connectivity index (χ1n) is 4.34. The Kier molecular flexibility index (Phi) is 6.22. The van der Waals surface area contributed by atoms with Gasteiger partial charge in [0.1, 0.15) is 0 Å². The molecule has 0 heterocycles. The quantitative estimate of drug-likeness (QED) is 0.682. The largest absolute Gasteiger partial charge is 0.450 e. The molecule has 1 amide bonds. The highest BCUT2D eigenvalue weighted by Gasteiger charge is 2.05. The number of thiocarbonyl (C=S) groups is 1. The van der Waals surface area contributed by atoms with Crippen LogP contribution in [-0.4, -0.2) is 23.9 Å². The van der Waals surface area contributed by atoms with E-state index in [0.717, 1.165) is 6.42 Å². The summed E-state index contributed by atoms with van der Waals surface area (Å²) in [5.74, 6) is 0. The lowest BCUT2D eigenvalue weighted by Gasteiger charge is -2.13. The lowest BCUT2D eigenvalue weighted by molar-refractivity contribution is 0.157. The molecule has 0 aromatic heterocycles. The van der Waals surface area contributed by atoms with Crippen LogP contribution in [0.15, 0.2) is 0 Å². The van der Waals surface area contributed by atoms with E-state index in [-0.39, 0.29) is 6.04 Å². The molecule has 0 aromatic carbocycles. The molecule has 0 aliphatic heterocycles. The maximum absolute atomic E-state index is 10.9. The summed E-state index contributed by atoms with van der Waals surface area (Å²) < 4.78 is 4.65. The average molecular weight is 204 g/mol. The molecule has 76 valence electrons. The molecule has 0 radical (unpaired) electrons. The maximum Gasteiger partial charge on any atom is 0.413 e. The smallest absolute Gasteiger partial charge is 0.413 e. The van der Waals surface area contributed by atoms with Gasteiger partial charge in [-0.25, -0.2) is 4.79 Å². The number of ether oxygens (including phenoxy) is 1. The molecular formula is C8H16N2O2S. The van der Waals surface area contributed by atoms with Crippen LogP contribution in [0.2, 0.25) is 0 Å². The number of carbonyl (C=O) groups excluding carboxylic acids is 1. The van der Waals surface area contributed by atoms with Crippen molar-refractivity contribution in [2.75, 3.05) is 6.61 Å². The average Bonchev–Trinajstić information content (AvgIpc) is 2.04. The lowest BCUT2D eigenvalue weighted by atomic mass is 10.3. The van der Waals surface area contributed by atoms with Crippen molar-refractivity contribution >= 4 is 23.4 Å². The van der Waals surface area contributed by atoms with Gasteiger partial charge in [0.05, 0.1) is 6.61 Å². The van der Waals surface area contributed by atoms with Crippen LogP contribution in [0.4, 0.5) is 4.79 Å². The number of hydrogen-bond donors (Lipinski definition) is 2. The first-order valence-corrected chi connectivity index (χ1v) is 4.75. The topological polar surface area (TPSA) is 50.4 Å². The van der Waals surface area contributed by atoms with Gasteiger partial charge >= 0.3 is 6.09 Å². The molecule has 13 heavy (non-hydrogen) atoms. The van der Waals surface area contributed by atoms with Crippen molar-refractivity contribution in [2.45, 2.75) is 33.2 Å². The zero-order valence-corrected chi connectivity index (χ0v) is 9.03. The van der Waals surface area contributed by atoms with Crippen molar-refractivity contribution in [2.24, 2.45) is 0 Å². The van der Waals surface area contributed by atoms with Gasteiger partial charge in [-0.3, -0.25) is 5.32 Å². The molecule has 0 spiro atoms. The predicted molar refractivity (Wildman–Crippen MR) is 55.6 cm³/mol. The van der Waals surface area contributed by atoms with Crippen molar-refractivity contribution < 1.29 is 9.53 Å². The van der Waals surface area contributed by atoms with Crippen LogP contribution < -0.4 is 10.6 Å². The number of hydrogen-bond acceptors (Lipinski definition) is 3. The monoisotopic (exact) mass is 204 g/mol. The molecular weight excluding hydrogens is 188 g/mol. The summed E-state index contributed by atoms with van der Waals surface area (Å²) in [5, 5.41) is 5.66. The highest BCUT2D eigenvalue weighted by Crippen LogP contribution is 1.87. The summed E-state index contributed by atoms with van der Waals surface area (Å²) >= 11 is 4.86. The second kappa shape index (κ2) is 6.65. The van der Waals surface area contributed by atoms with Crippen molar-refractivity contribution in [1.82, 2.24) is 10.6 Å². The Bertz CT molecular complexity index is 185. The minimum atomic E-state index is -0.511. The van der Waals surface area contributed by atoms with Gasteiger partial charge in [-0.15, -0.1) is 0 Å². The highest BCUT2D eigenvalue weighted by molar-refractivity contribution is 7.80. The van der Waals surface area contributed by atoms with Crippen LogP contribution in [0.3, 0.4) is 0 Å². The number of amides is 1. The van der Waals surface area contributed by atoms with Crippen LogP contribution in [0.5, 0.6) is 0 Å². The van der Waals surface area contributed by atoms with E-state index in [1.807, 2.05) is 13.8 Å². The minimum absolute atomic E-state index is 0.259. The number of carbonyl (C=O) groups is 1. The van der Waals surface area contributed by atoms with Crippen LogP contribution in [0.25, 0.3) is 0 Å². The summed E-state index contributed by atoms with van der Waals surface area (Å²) in [6.45, 7) is 6.10. The molecule has 2 N–H and O–H groups in total. The predicted octanol–water partition coefficient (Wildman–Crippen LogP) is 1.41. The molecule has 4 nitrogen and oxygen atoms in total. The third kappa shape index (κ3) is 6.33. The number of rotatable bonds is 3. The van der Waals surface area contributed by atoms with E-state index in [2.05, 4.69) is 15.4 Å². The second-order valence-corrected chi connectivity index (χ2v) is 3.04. The Labute approximate surface area is 84.0 Å². The first-order chi connectivity index (χ1) is 6.10. The van der Waals surface area contributed by atoms with E-state index in [1.165, 1.54) is 0 Å². The zero-order valence-electron chi connectivity index (χ0n) is 8.22. The Morgan fingerprint density at radius 1 is 1.54 bits per heavy atom. The molecule has 0 aliphatic carbocycles. The van der Waals surface area contributed by atoms with Crippen LogP contribution in [0.1, 0.15) is 27.2 Å². The van der Waals surface area contributed by atoms with E-state index in [4.69, 9.17) is 12.2 Å². The fourth-order valence-corrected chi connectivity index (χ4v) is 0.906. The standard InChI is InChI=1S/C8H16N2O2S/c1-4-6(3)9-7(13)10-8(11)12-5-2/h6H,4-5H2,1-3H3,(H2,9,10,11,13). The van der Waals surface area contributed by atoms with Gasteiger partial charge in [-0.2, -0.15) is 0 Å². The third-order valence-corrected chi connectivity index (χ3v) is 1.70. The summed E-state index contributed by atoms with van der Waals surface area (Å²) in [5.41, 5.74) is 0. The Morgan fingerprint density at radius 2 is 2.15 bits per heavy atom. The zero-order chi connectivity index (χ0) is 10.3. The van der Waals surface area contributed by atoms with Crippen molar-refractivity contribution in [3.63, 3.8) is 0 Å². The van der Waals surface area contributed by atoms with E-state index < -0.39 is 6.09 Å². The summed E-state index contributed by atoms with van der Waals surface area (Å²) in [6.07, 6.45) is 0.438. The molecule has 0 saturated carbocycles. The van der Waals surface area contributed by atoms with Gasteiger partial charge in [-0.05, 0) is 32.5 Å². The Morgan fingerprint density at radius 3 is 2.62 bits per heavy atom. The van der Waals surface area contributed by atoms with Gasteiger partial charge in [-0.1, -0.05) is 6.92 Å². The Hall–Kier alpha value is -0.840. The Balaban J connectivity index is 3.67. The van der Waals surface area contributed by atoms with E-state index in [1.54, 1.807) is 6.92 Å². The fourth-order valence-electron chi connectivity index (χ4n) is 0.622. The van der Waals surface area contributed by atoms with Crippen molar-refractivity contribution in [1.29, 1.82) is 0 Å². The SMILES string of the molecule is CCOC(=O)NC(=S)NC(C)CC. The van der Waals surface area contributed by atoms with Crippen molar-refractivity contribution in [3.8, 4) is 0 Å². The first kappa shape index (κ1) is 12.2. The van der Waals surface area contributed by atoms with Gasteiger partial charge in [0.15, 0.2) is 5.11 Å². The lowest BCUT2D eigenvalue weighted by Crippen LogP contribution is -2.43. The molecule has 1 atom stereocenters. The van der Waals surface area contributed by atoms with E-state index >= 15 is 0 Å². The normalized spacial score (nSPS) is 11.6. The molecule has 5 heteroatoms. The third-order valence-electron chi connectivity index (χ3n) is 1.48. The molecule has 0 fully saturated rings. The van der Waals surface area contributed by atoms with Crippen LogP contribution >= 0.6 is 12.2 Å². The van der Waals surface area contributed by atoms with E-state index in [0.29, 0.717) is 11.7 Å². The van der Waals surface area contributed by atoms with Crippen LogP contribution in [0, 0.1) is 0 Å². The van der Waals surface area contributed by atoms with Crippen LogP contribution in [-0.2, 0) is 4.74 Å². The molecule has 0 bridgehead atoms. The number of nitrogens with one attached hydrogen (secondary N) is 2. The highest BCUT2D eigenvalue weighted by atomic mass is 32.1. The summed E-state index contributed by atoms with van der Waals surface area (Å²) in [6, 6.07) is 0.259. The molecule has 0 saturated heterocycles. The summed E-state index contributed by atoms with van der Waals surface area (Å²) in [7, 11) is 0. The van der Waals surface area contributed by atoms with Gasteiger partial charge in [0.2, 0.25) is 0 Å². The van der Waals surface area contributed by atoms with Crippen molar-refractivity contribution in [3.05, 3.63) is 0 Å². The summed E-state index contributed by atoms with van der Waals surface area (Å²) in [4.78, 5) is 10.9. The van der Waals surface area contributed by atoms with Gasteiger partial charge in [0.25, 0.3) is 0 Å². The molecule has 0 aromatic rings. The maximum atomic E-state index is 10.9. The molecule has 0 rings (SSSR count). The minimum Gasteiger partial charge on any atom is -0.450 e. The second-order valence-electron chi connectivity index (χ2n) is 2.63. The number of alkyl carbamates (subject to hydrolysis) is 1. The van der Waals surface area contributed by atoms with E-state index in [9.17, 15) is 4.79 Å². The molecule has 1 unspecified atom stereocenters. The van der Waals surface area contributed by atoms with Gasteiger partial charge in [0, 0.05) is 6.04 Å². The molecule has 0 aliphatic rings. The fraction of sp³-hybridized carbons (Fsp3) is 0.750. The van der Waals surface area contributed by atoms with Gasteiger partial charge < -0.3 is 10.1 Å².